The van der Waals surface area contributed by atoms with E-state index in [2.05, 4.69) is 213 Å². The lowest BCUT2D eigenvalue weighted by atomic mass is 9.79. The first-order valence-electron chi connectivity index (χ1n) is 20.1. The molecule has 0 saturated carbocycles. The first-order valence-corrected chi connectivity index (χ1v) is 20.1. The summed E-state index contributed by atoms with van der Waals surface area (Å²) in [4.78, 5) is 2.51. The average molecular weight is 732 g/mol. The van der Waals surface area contributed by atoms with E-state index in [1.165, 1.54) is 71.9 Å². The van der Waals surface area contributed by atoms with Gasteiger partial charge in [0.2, 0.25) is 0 Å². The molecule has 2 aliphatic carbocycles. The fourth-order valence-electron chi connectivity index (χ4n) is 9.80. The van der Waals surface area contributed by atoms with E-state index in [-0.39, 0.29) is 11.3 Å². The van der Waals surface area contributed by atoms with Crippen molar-refractivity contribution in [3.8, 4) is 33.4 Å². The van der Waals surface area contributed by atoms with Crippen LogP contribution in [0.25, 0.3) is 66.1 Å². The van der Waals surface area contributed by atoms with Crippen molar-refractivity contribution in [2.75, 3.05) is 4.90 Å². The summed E-state index contributed by atoms with van der Waals surface area (Å²) in [6, 6.07) is 61.9. The molecule has 1 heterocycles. The topological polar surface area (TPSA) is 16.4 Å². The summed E-state index contributed by atoms with van der Waals surface area (Å²) in [6.45, 7) is 4.79. The molecule has 0 fully saturated rings. The summed E-state index contributed by atoms with van der Waals surface area (Å²) in [5.74, 6) is 0.264. The van der Waals surface area contributed by atoms with Crippen molar-refractivity contribution < 1.29 is 4.42 Å². The number of hydrogen-bond donors (Lipinski definition) is 0. The first kappa shape index (κ1) is 33.4. The average Bonchev–Trinajstić information content (AvgIpc) is 3.78. The lowest BCUT2D eigenvalue weighted by Gasteiger charge is -2.32. The molecule has 0 aliphatic heterocycles. The van der Waals surface area contributed by atoms with Crippen molar-refractivity contribution in [1.82, 2.24) is 0 Å². The first-order chi connectivity index (χ1) is 28.1. The molecule has 8 aromatic carbocycles. The molecule has 11 rings (SSSR count). The van der Waals surface area contributed by atoms with Crippen LogP contribution in [0.5, 0.6) is 0 Å². The summed E-state index contributed by atoms with van der Waals surface area (Å²) in [5.41, 5.74) is 16.1. The zero-order chi connectivity index (χ0) is 38.1. The van der Waals surface area contributed by atoms with Gasteiger partial charge in [-0.15, -0.1) is 0 Å². The molecule has 0 spiro atoms. The molecule has 2 nitrogen and oxygen atoms in total. The molecule has 1 unspecified atom stereocenters. The van der Waals surface area contributed by atoms with Gasteiger partial charge in [0.1, 0.15) is 11.2 Å². The van der Waals surface area contributed by atoms with Crippen LogP contribution < -0.4 is 4.90 Å². The van der Waals surface area contributed by atoms with E-state index in [0.29, 0.717) is 0 Å². The maximum absolute atomic E-state index is 7.21. The molecule has 2 aliphatic rings. The second-order valence-electron chi connectivity index (χ2n) is 15.9. The molecule has 0 saturated heterocycles. The van der Waals surface area contributed by atoms with Crippen LogP contribution in [0.4, 0.5) is 17.1 Å². The summed E-state index contributed by atoms with van der Waals surface area (Å²) >= 11 is 0. The Balaban J connectivity index is 1.23. The Morgan fingerprint density at radius 3 is 1.98 bits per heavy atom. The largest absolute Gasteiger partial charge is 0.455 e. The number of para-hydroxylation sites is 1. The highest BCUT2D eigenvalue weighted by molar-refractivity contribution is 6.28. The third kappa shape index (κ3) is 5.17. The van der Waals surface area contributed by atoms with Gasteiger partial charge in [-0.3, -0.25) is 0 Å². The Labute approximate surface area is 333 Å². The summed E-state index contributed by atoms with van der Waals surface area (Å²) in [7, 11) is 0. The van der Waals surface area contributed by atoms with Crippen LogP contribution in [0.3, 0.4) is 0 Å². The normalized spacial score (nSPS) is 15.3. The Morgan fingerprint density at radius 2 is 1.21 bits per heavy atom. The fraction of sp³-hybridized carbons (Fsp3) is 0.0909. The SMILES string of the molecule is CC1(C)c2cccc(N(c3ccc(-c4ccccc4)cc3)c3ccccc3C3C=CC=CC3)c2-c2c1c1ccccc1c1c2oc2cccc(-c3ccccc3)c21. The van der Waals surface area contributed by atoms with Gasteiger partial charge in [0.05, 0.1) is 5.69 Å². The number of rotatable bonds is 6. The Kier molecular flexibility index (Phi) is 7.69. The lowest BCUT2D eigenvalue weighted by molar-refractivity contribution is 0.658. The van der Waals surface area contributed by atoms with Gasteiger partial charge in [-0.2, -0.15) is 0 Å². The van der Waals surface area contributed by atoms with E-state index in [9.17, 15) is 0 Å². The molecule has 1 atom stereocenters. The quantitative estimate of drug-likeness (QED) is 0.169. The van der Waals surface area contributed by atoms with E-state index in [4.69, 9.17) is 4.42 Å². The van der Waals surface area contributed by atoms with E-state index in [1.54, 1.807) is 0 Å². The summed E-state index contributed by atoms with van der Waals surface area (Å²) in [6.07, 6.45) is 9.95. The highest BCUT2D eigenvalue weighted by Crippen LogP contribution is 2.60. The van der Waals surface area contributed by atoms with Crippen LogP contribution in [0.2, 0.25) is 0 Å². The number of furan rings is 1. The van der Waals surface area contributed by atoms with Crippen molar-refractivity contribution in [1.29, 1.82) is 0 Å². The van der Waals surface area contributed by atoms with Crippen LogP contribution in [-0.4, -0.2) is 0 Å². The van der Waals surface area contributed by atoms with Crippen molar-refractivity contribution in [3.05, 3.63) is 211 Å². The Bertz CT molecular complexity index is 3060. The number of anilines is 3. The third-order valence-electron chi connectivity index (χ3n) is 12.4. The van der Waals surface area contributed by atoms with Gasteiger partial charge in [-0.1, -0.05) is 178 Å². The molecule has 272 valence electrons. The number of benzene rings is 8. The lowest BCUT2D eigenvalue weighted by Crippen LogP contribution is -2.17. The number of allylic oxidation sites excluding steroid dienone is 4. The minimum atomic E-state index is -0.297. The molecule has 57 heavy (non-hydrogen) atoms. The van der Waals surface area contributed by atoms with Gasteiger partial charge in [0, 0.05) is 44.6 Å². The van der Waals surface area contributed by atoms with Gasteiger partial charge in [0.15, 0.2) is 0 Å². The van der Waals surface area contributed by atoms with Gasteiger partial charge in [-0.25, -0.2) is 0 Å². The third-order valence-corrected chi connectivity index (χ3v) is 12.4. The molecule has 9 aromatic rings. The maximum Gasteiger partial charge on any atom is 0.144 e. The van der Waals surface area contributed by atoms with E-state index in [1.807, 2.05) is 0 Å². The molecule has 0 bridgehead atoms. The van der Waals surface area contributed by atoms with Crippen molar-refractivity contribution in [2.45, 2.75) is 31.6 Å². The summed E-state index contributed by atoms with van der Waals surface area (Å²) < 4.78 is 7.21. The molecule has 0 N–H and O–H groups in total. The maximum atomic E-state index is 7.21. The van der Waals surface area contributed by atoms with E-state index < -0.39 is 0 Å². The van der Waals surface area contributed by atoms with Gasteiger partial charge < -0.3 is 9.32 Å². The second-order valence-corrected chi connectivity index (χ2v) is 15.9. The Morgan fingerprint density at radius 1 is 0.544 bits per heavy atom. The van der Waals surface area contributed by atoms with Crippen LogP contribution in [0.15, 0.2) is 199 Å². The predicted molar refractivity (Wildman–Crippen MR) is 240 cm³/mol. The fourth-order valence-corrected chi connectivity index (χ4v) is 9.80. The zero-order valence-electron chi connectivity index (χ0n) is 32.1. The molecule has 1 aromatic heterocycles. The number of hydrogen-bond acceptors (Lipinski definition) is 2. The zero-order valence-corrected chi connectivity index (χ0v) is 32.1. The molecule has 0 radical (unpaired) electrons. The predicted octanol–water partition coefficient (Wildman–Crippen LogP) is 15.4. The monoisotopic (exact) mass is 731 g/mol. The van der Waals surface area contributed by atoms with Crippen LogP contribution >= 0.6 is 0 Å². The summed E-state index contributed by atoms with van der Waals surface area (Å²) in [5, 5.41) is 4.84. The number of fused-ring (bicyclic) bond motifs is 10. The molecule has 2 heteroatoms. The standard InChI is InChI=1S/C55H41NO/c1-55(2)45-28-17-30-47(56(40-34-32-37(33-35-40)36-18-6-3-7-19-36)46-29-15-14-24-41(46)38-20-8-4-9-21-38)51(45)52-53(55)44-26-13-12-25-43(44)50-49-42(39-22-10-5-11-23-39)27-16-31-48(49)57-54(50)52/h3-20,22-35,38H,21H2,1-2H3. The van der Waals surface area contributed by atoms with Crippen molar-refractivity contribution in [2.24, 2.45) is 0 Å². The van der Waals surface area contributed by atoms with Gasteiger partial charge >= 0.3 is 0 Å². The highest BCUT2D eigenvalue weighted by atomic mass is 16.3. The van der Waals surface area contributed by atoms with Crippen molar-refractivity contribution >= 4 is 49.8 Å². The molecular weight excluding hydrogens is 691 g/mol. The van der Waals surface area contributed by atoms with Gasteiger partial charge in [0.25, 0.3) is 0 Å². The minimum absolute atomic E-state index is 0.264. The van der Waals surface area contributed by atoms with Crippen LogP contribution in [0.1, 0.15) is 42.9 Å². The van der Waals surface area contributed by atoms with E-state index >= 15 is 0 Å². The smallest absolute Gasteiger partial charge is 0.144 e. The van der Waals surface area contributed by atoms with Crippen molar-refractivity contribution in [3.63, 3.8) is 0 Å². The van der Waals surface area contributed by atoms with Crippen LogP contribution in [0, 0.1) is 0 Å². The Hall–Kier alpha value is -6.90. The highest BCUT2D eigenvalue weighted by Gasteiger charge is 2.42. The molecule has 0 amide bonds. The second kappa shape index (κ2) is 13.1. The van der Waals surface area contributed by atoms with Gasteiger partial charge in [-0.05, 0) is 86.5 Å². The minimum Gasteiger partial charge on any atom is -0.455 e. The van der Waals surface area contributed by atoms with E-state index in [0.717, 1.165) is 34.3 Å². The molecular formula is C55H41NO. The number of nitrogens with zero attached hydrogens (tertiary/aromatic N) is 1. The van der Waals surface area contributed by atoms with Crippen LogP contribution in [-0.2, 0) is 5.41 Å².